The average molecular weight is 229 g/mol. The Labute approximate surface area is 105 Å². The molecule has 1 aromatic rings. The highest BCUT2D eigenvalue weighted by Crippen LogP contribution is 2.53. The Hall–Kier alpha value is -0.820. The first kappa shape index (κ1) is 11.3. The number of benzene rings is 1. The van der Waals surface area contributed by atoms with Crippen LogP contribution >= 0.6 is 0 Å². The molecule has 0 aromatic heterocycles. The molecule has 1 N–H and O–H groups in total. The summed E-state index contributed by atoms with van der Waals surface area (Å²) in [6.07, 6.45) is 5.30. The molecule has 2 aliphatic carbocycles. The van der Waals surface area contributed by atoms with Gasteiger partial charge in [0.05, 0.1) is 0 Å². The second-order valence-corrected chi connectivity index (χ2v) is 6.05. The third-order valence-electron chi connectivity index (χ3n) is 4.66. The van der Waals surface area contributed by atoms with Crippen molar-refractivity contribution in [1.29, 1.82) is 0 Å². The quantitative estimate of drug-likeness (QED) is 0.817. The van der Waals surface area contributed by atoms with Gasteiger partial charge in [0.25, 0.3) is 0 Å². The Kier molecular flexibility index (Phi) is 2.74. The van der Waals surface area contributed by atoms with Crippen LogP contribution in [0.15, 0.2) is 24.3 Å². The fourth-order valence-electron chi connectivity index (χ4n) is 2.82. The van der Waals surface area contributed by atoms with Crippen molar-refractivity contribution in [1.82, 2.24) is 5.32 Å². The molecule has 0 saturated heterocycles. The third-order valence-corrected chi connectivity index (χ3v) is 4.66. The van der Waals surface area contributed by atoms with Gasteiger partial charge in [0.15, 0.2) is 0 Å². The fraction of sp³-hybridized carbons (Fsp3) is 0.625. The van der Waals surface area contributed by atoms with E-state index in [1.54, 1.807) is 0 Å². The van der Waals surface area contributed by atoms with Gasteiger partial charge < -0.3 is 5.32 Å². The van der Waals surface area contributed by atoms with E-state index < -0.39 is 0 Å². The molecular weight excluding hydrogens is 206 g/mol. The van der Waals surface area contributed by atoms with Gasteiger partial charge >= 0.3 is 0 Å². The van der Waals surface area contributed by atoms with Crippen LogP contribution < -0.4 is 5.32 Å². The van der Waals surface area contributed by atoms with E-state index >= 15 is 0 Å². The van der Waals surface area contributed by atoms with E-state index in [1.807, 2.05) is 0 Å². The van der Waals surface area contributed by atoms with Gasteiger partial charge in [0.1, 0.15) is 0 Å². The second-order valence-electron chi connectivity index (χ2n) is 6.05. The summed E-state index contributed by atoms with van der Waals surface area (Å²) in [4.78, 5) is 0. The number of nitrogens with one attached hydrogen (secondary N) is 1. The molecule has 0 radical (unpaired) electrons. The molecule has 92 valence electrons. The number of hydrogen-bond acceptors (Lipinski definition) is 1. The van der Waals surface area contributed by atoms with E-state index in [9.17, 15) is 0 Å². The highest BCUT2D eigenvalue weighted by Gasteiger charge is 2.50. The minimum atomic E-state index is 0.453. The van der Waals surface area contributed by atoms with Gasteiger partial charge in [-0.3, -0.25) is 0 Å². The van der Waals surface area contributed by atoms with Gasteiger partial charge in [-0.1, -0.05) is 38.1 Å². The number of aryl methyl sites for hydroxylation is 1. The normalized spacial score (nSPS) is 31.5. The molecule has 2 atom stereocenters. The standard InChI is InChI=1S/C16H23N/c1-3-12-4-6-13(7-5-12)16(2)10-14(16)11-17-15-8-9-15/h4-7,14-15,17H,3,8-11H2,1-2H3. The monoisotopic (exact) mass is 229 g/mol. The summed E-state index contributed by atoms with van der Waals surface area (Å²) < 4.78 is 0. The average Bonchev–Trinajstić information content (AvgIpc) is 3.24. The molecule has 0 bridgehead atoms. The maximum absolute atomic E-state index is 3.67. The molecule has 2 aliphatic rings. The van der Waals surface area contributed by atoms with Crippen LogP contribution in [-0.2, 0) is 11.8 Å². The molecule has 2 fully saturated rings. The number of hydrogen-bond donors (Lipinski definition) is 1. The molecule has 17 heavy (non-hydrogen) atoms. The smallest absolute Gasteiger partial charge is 0.00683 e. The minimum absolute atomic E-state index is 0.453. The summed E-state index contributed by atoms with van der Waals surface area (Å²) in [5.41, 5.74) is 3.44. The highest BCUT2D eigenvalue weighted by molar-refractivity contribution is 5.35. The molecule has 2 saturated carbocycles. The zero-order chi connectivity index (χ0) is 11.9. The van der Waals surface area contributed by atoms with Crippen LogP contribution in [0.25, 0.3) is 0 Å². The van der Waals surface area contributed by atoms with Crippen LogP contribution in [0.3, 0.4) is 0 Å². The van der Waals surface area contributed by atoms with E-state index in [-0.39, 0.29) is 0 Å². The summed E-state index contributed by atoms with van der Waals surface area (Å²) in [7, 11) is 0. The Morgan fingerprint density at radius 2 is 1.94 bits per heavy atom. The summed E-state index contributed by atoms with van der Waals surface area (Å²) >= 11 is 0. The highest BCUT2D eigenvalue weighted by atomic mass is 15.0. The summed E-state index contributed by atoms with van der Waals surface area (Å²) in [6, 6.07) is 10.1. The van der Waals surface area contributed by atoms with Crippen molar-refractivity contribution in [2.24, 2.45) is 5.92 Å². The zero-order valence-corrected chi connectivity index (χ0v) is 11.0. The van der Waals surface area contributed by atoms with Gasteiger partial charge in [-0.15, -0.1) is 0 Å². The van der Waals surface area contributed by atoms with Crippen LogP contribution in [0.5, 0.6) is 0 Å². The minimum Gasteiger partial charge on any atom is -0.314 e. The molecule has 0 spiro atoms. The summed E-state index contributed by atoms with van der Waals surface area (Å²) in [5, 5.41) is 3.67. The summed E-state index contributed by atoms with van der Waals surface area (Å²) in [5.74, 6) is 0.857. The molecule has 2 unspecified atom stereocenters. The largest absolute Gasteiger partial charge is 0.314 e. The van der Waals surface area contributed by atoms with Crippen molar-refractivity contribution >= 4 is 0 Å². The first-order valence-electron chi connectivity index (χ1n) is 7.05. The lowest BCUT2D eigenvalue weighted by atomic mass is 9.94. The predicted molar refractivity (Wildman–Crippen MR) is 72.3 cm³/mol. The van der Waals surface area contributed by atoms with E-state index in [0.29, 0.717) is 5.41 Å². The first-order chi connectivity index (χ1) is 8.22. The van der Waals surface area contributed by atoms with Gasteiger partial charge in [-0.25, -0.2) is 0 Å². The molecule has 1 aromatic carbocycles. The Bertz CT molecular complexity index is 390. The molecule has 3 rings (SSSR count). The maximum atomic E-state index is 3.67. The van der Waals surface area contributed by atoms with Crippen molar-refractivity contribution in [3.63, 3.8) is 0 Å². The lowest BCUT2D eigenvalue weighted by Crippen LogP contribution is -2.22. The Balaban J connectivity index is 1.62. The van der Waals surface area contributed by atoms with Crippen LogP contribution in [0.1, 0.15) is 44.2 Å². The van der Waals surface area contributed by atoms with E-state index in [2.05, 4.69) is 43.4 Å². The van der Waals surface area contributed by atoms with Crippen molar-refractivity contribution in [3.8, 4) is 0 Å². The fourth-order valence-corrected chi connectivity index (χ4v) is 2.82. The topological polar surface area (TPSA) is 12.0 Å². The van der Waals surface area contributed by atoms with E-state index in [0.717, 1.165) is 18.4 Å². The van der Waals surface area contributed by atoms with Crippen molar-refractivity contribution in [2.75, 3.05) is 6.54 Å². The zero-order valence-electron chi connectivity index (χ0n) is 11.0. The van der Waals surface area contributed by atoms with Crippen LogP contribution in [0, 0.1) is 5.92 Å². The molecule has 0 amide bonds. The van der Waals surface area contributed by atoms with Gasteiger partial charge in [-0.05, 0) is 54.7 Å². The molecule has 1 heteroatoms. The van der Waals surface area contributed by atoms with Gasteiger partial charge in [0, 0.05) is 6.04 Å². The van der Waals surface area contributed by atoms with E-state index in [4.69, 9.17) is 0 Å². The van der Waals surface area contributed by atoms with Crippen molar-refractivity contribution in [2.45, 2.75) is 51.0 Å². The Morgan fingerprint density at radius 1 is 1.24 bits per heavy atom. The van der Waals surface area contributed by atoms with Crippen molar-refractivity contribution in [3.05, 3.63) is 35.4 Å². The van der Waals surface area contributed by atoms with Gasteiger partial charge in [-0.2, -0.15) is 0 Å². The van der Waals surface area contributed by atoms with E-state index in [1.165, 1.54) is 36.9 Å². The molecule has 0 aliphatic heterocycles. The molecule has 1 nitrogen and oxygen atoms in total. The van der Waals surface area contributed by atoms with Crippen LogP contribution in [0.4, 0.5) is 0 Å². The van der Waals surface area contributed by atoms with Crippen molar-refractivity contribution < 1.29 is 0 Å². The van der Waals surface area contributed by atoms with Crippen LogP contribution in [0.2, 0.25) is 0 Å². The lowest BCUT2D eigenvalue weighted by molar-refractivity contribution is 0.575. The predicted octanol–water partition coefficient (Wildman–Crippen LogP) is 3.28. The second kappa shape index (κ2) is 4.13. The number of rotatable bonds is 5. The SMILES string of the molecule is CCc1ccc(C2(C)CC2CNC2CC2)cc1. The van der Waals surface area contributed by atoms with Gasteiger partial charge in [0.2, 0.25) is 0 Å². The maximum Gasteiger partial charge on any atom is 0.00683 e. The lowest BCUT2D eigenvalue weighted by Gasteiger charge is -2.13. The Morgan fingerprint density at radius 3 is 2.53 bits per heavy atom. The van der Waals surface area contributed by atoms with Crippen LogP contribution in [-0.4, -0.2) is 12.6 Å². The first-order valence-corrected chi connectivity index (χ1v) is 7.05. The summed E-state index contributed by atoms with van der Waals surface area (Å²) in [6.45, 7) is 5.86. The third kappa shape index (κ3) is 2.26. The molecule has 0 heterocycles. The molecular formula is C16H23N.